The third-order valence-electron chi connectivity index (χ3n) is 3.55. The second kappa shape index (κ2) is 5.90. The van der Waals surface area contributed by atoms with Gasteiger partial charge in [-0.2, -0.15) is 0 Å². The minimum absolute atomic E-state index is 0.331. The molecule has 0 radical (unpaired) electrons. The van der Waals surface area contributed by atoms with E-state index in [2.05, 4.69) is 12.2 Å². The molecule has 106 valence electrons. The summed E-state index contributed by atoms with van der Waals surface area (Å²) in [6.45, 7) is 3.66. The number of rotatable bonds is 5. The SMILES string of the molecule is CC(Cc1ccco1)NCc1cc(Cl)cc2c1OCC2. The van der Waals surface area contributed by atoms with Crippen LogP contribution < -0.4 is 10.1 Å². The van der Waals surface area contributed by atoms with E-state index in [0.717, 1.165) is 48.1 Å². The van der Waals surface area contributed by atoms with Crippen LogP contribution in [0.4, 0.5) is 0 Å². The summed E-state index contributed by atoms with van der Waals surface area (Å²) in [5.41, 5.74) is 2.35. The van der Waals surface area contributed by atoms with Gasteiger partial charge in [0.25, 0.3) is 0 Å². The first-order valence-corrected chi connectivity index (χ1v) is 7.30. The normalized spacial score (nSPS) is 14.9. The van der Waals surface area contributed by atoms with E-state index >= 15 is 0 Å². The Morgan fingerprint density at radius 2 is 2.30 bits per heavy atom. The fraction of sp³-hybridized carbons (Fsp3) is 0.375. The quantitative estimate of drug-likeness (QED) is 0.914. The fourth-order valence-corrected chi connectivity index (χ4v) is 2.83. The van der Waals surface area contributed by atoms with Crippen LogP contribution >= 0.6 is 11.6 Å². The number of halogens is 1. The molecule has 0 saturated heterocycles. The van der Waals surface area contributed by atoms with Gasteiger partial charge in [-0.25, -0.2) is 0 Å². The molecule has 20 heavy (non-hydrogen) atoms. The molecule has 1 unspecified atom stereocenters. The molecule has 2 heterocycles. The Morgan fingerprint density at radius 3 is 3.10 bits per heavy atom. The van der Waals surface area contributed by atoms with E-state index in [4.69, 9.17) is 20.8 Å². The van der Waals surface area contributed by atoms with Gasteiger partial charge < -0.3 is 14.5 Å². The van der Waals surface area contributed by atoms with Gasteiger partial charge in [0.1, 0.15) is 11.5 Å². The Kier molecular flexibility index (Phi) is 3.99. The Balaban J connectivity index is 1.64. The van der Waals surface area contributed by atoms with E-state index in [0.29, 0.717) is 6.04 Å². The van der Waals surface area contributed by atoms with Gasteiger partial charge in [0, 0.05) is 36.0 Å². The highest BCUT2D eigenvalue weighted by Crippen LogP contribution is 2.32. The zero-order chi connectivity index (χ0) is 13.9. The smallest absolute Gasteiger partial charge is 0.127 e. The third-order valence-corrected chi connectivity index (χ3v) is 3.77. The van der Waals surface area contributed by atoms with Crippen molar-refractivity contribution in [3.8, 4) is 5.75 Å². The fourth-order valence-electron chi connectivity index (χ4n) is 2.56. The van der Waals surface area contributed by atoms with E-state index in [9.17, 15) is 0 Å². The zero-order valence-electron chi connectivity index (χ0n) is 11.5. The molecule has 0 fully saturated rings. The van der Waals surface area contributed by atoms with E-state index in [1.54, 1.807) is 6.26 Å². The molecule has 4 heteroatoms. The van der Waals surface area contributed by atoms with Crippen molar-refractivity contribution in [3.63, 3.8) is 0 Å². The van der Waals surface area contributed by atoms with Gasteiger partial charge in [-0.05, 0) is 36.8 Å². The first-order chi connectivity index (χ1) is 9.72. The lowest BCUT2D eigenvalue weighted by Gasteiger charge is -2.14. The van der Waals surface area contributed by atoms with Crippen LogP contribution in [0.2, 0.25) is 5.02 Å². The van der Waals surface area contributed by atoms with E-state index in [-0.39, 0.29) is 0 Å². The topological polar surface area (TPSA) is 34.4 Å². The number of fused-ring (bicyclic) bond motifs is 1. The molecule has 3 nitrogen and oxygen atoms in total. The Labute approximate surface area is 123 Å². The second-order valence-electron chi connectivity index (χ2n) is 5.22. The second-order valence-corrected chi connectivity index (χ2v) is 5.65. The third kappa shape index (κ3) is 3.00. The molecule has 0 bridgehead atoms. The van der Waals surface area contributed by atoms with E-state index in [1.807, 2.05) is 24.3 Å². The van der Waals surface area contributed by atoms with Crippen molar-refractivity contribution in [1.29, 1.82) is 0 Å². The molecule has 0 spiro atoms. The molecule has 3 rings (SSSR count). The summed E-state index contributed by atoms with van der Waals surface area (Å²) in [6, 6.07) is 8.23. The maximum atomic E-state index is 6.16. The molecule has 1 aromatic carbocycles. The molecule has 1 aliphatic rings. The minimum Gasteiger partial charge on any atom is -0.493 e. The molecule has 1 aromatic heterocycles. The number of hydrogen-bond acceptors (Lipinski definition) is 3. The molecule has 2 aromatic rings. The standard InChI is InChI=1S/C16H18ClNO2/c1-11(7-15-3-2-5-19-15)18-10-13-9-14(17)8-12-4-6-20-16(12)13/h2-3,5,8-9,11,18H,4,6-7,10H2,1H3. The number of benzene rings is 1. The number of hydrogen-bond donors (Lipinski definition) is 1. The van der Waals surface area contributed by atoms with Gasteiger partial charge in [-0.1, -0.05) is 11.6 Å². The average molecular weight is 292 g/mol. The highest BCUT2D eigenvalue weighted by molar-refractivity contribution is 6.30. The Morgan fingerprint density at radius 1 is 1.40 bits per heavy atom. The number of ether oxygens (including phenoxy) is 1. The summed E-state index contributed by atoms with van der Waals surface area (Å²) in [5, 5.41) is 4.28. The average Bonchev–Trinajstić information content (AvgIpc) is 3.06. The lowest BCUT2D eigenvalue weighted by molar-refractivity contribution is 0.351. The van der Waals surface area contributed by atoms with E-state index < -0.39 is 0 Å². The Hall–Kier alpha value is -1.45. The van der Waals surface area contributed by atoms with Gasteiger partial charge >= 0.3 is 0 Å². The van der Waals surface area contributed by atoms with Crippen LogP contribution in [0.5, 0.6) is 5.75 Å². The van der Waals surface area contributed by atoms with Crippen molar-refractivity contribution in [2.24, 2.45) is 0 Å². The molecular formula is C16H18ClNO2. The summed E-state index contributed by atoms with van der Waals surface area (Å²) in [4.78, 5) is 0. The van der Waals surface area contributed by atoms with Crippen molar-refractivity contribution in [1.82, 2.24) is 5.32 Å². The van der Waals surface area contributed by atoms with Crippen molar-refractivity contribution in [3.05, 3.63) is 52.4 Å². The first-order valence-electron chi connectivity index (χ1n) is 6.92. The van der Waals surface area contributed by atoms with Crippen LogP contribution in [-0.4, -0.2) is 12.6 Å². The monoisotopic (exact) mass is 291 g/mol. The molecule has 1 N–H and O–H groups in total. The van der Waals surface area contributed by atoms with Gasteiger partial charge in [0.15, 0.2) is 0 Å². The van der Waals surface area contributed by atoms with E-state index in [1.165, 1.54) is 5.56 Å². The number of nitrogens with one attached hydrogen (secondary N) is 1. The summed E-state index contributed by atoms with van der Waals surface area (Å²) in [7, 11) is 0. The van der Waals surface area contributed by atoms with Crippen molar-refractivity contribution < 1.29 is 9.15 Å². The highest BCUT2D eigenvalue weighted by Gasteiger charge is 2.17. The number of furan rings is 1. The van der Waals surface area contributed by atoms with Crippen LogP contribution in [0.25, 0.3) is 0 Å². The van der Waals surface area contributed by atoms with Crippen LogP contribution in [0.3, 0.4) is 0 Å². The van der Waals surface area contributed by atoms with Crippen molar-refractivity contribution >= 4 is 11.6 Å². The molecule has 0 amide bonds. The van der Waals surface area contributed by atoms with Crippen LogP contribution in [0, 0.1) is 0 Å². The minimum atomic E-state index is 0.331. The maximum absolute atomic E-state index is 6.16. The summed E-state index contributed by atoms with van der Waals surface area (Å²) in [5.74, 6) is 2.00. The molecule has 0 saturated carbocycles. The Bertz CT molecular complexity index is 580. The van der Waals surface area contributed by atoms with Gasteiger partial charge in [0.05, 0.1) is 12.9 Å². The van der Waals surface area contributed by atoms with Gasteiger partial charge in [-0.3, -0.25) is 0 Å². The summed E-state index contributed by atoms with van der Waals surface area (Å²) < 4.78 is 11.1. The molecule has 1 atom stereocenters. The lowest BCUT2D eigenvalue weighted by Crippen LogP contribution is -2.27. The van der Waals surface area contributed by atoms with Crippen molar-refractivity contribution in [2.45, 2.75) is 32.4 Å². The summed E-state index contributed by atoms with van der Waals surface area (Å²) in [6.07, 6.45) is 3.53. The maximum Gasteiger partial charge on any atom is 0.127 e. The van der Waals surface area contributed by atoms with Gasteiger partial charge in [0.2, 0.25) is 0 Å². The van der Waals surface area contributed by atoms with Gasteiger partial charge in [-0.15, -0.1) is 0 Å². The molecule has 0 aliphatic carbocycles. The van der Waals surface area contributed by atoms with Crippen molar-refractivity contribution in [2.75, 3.05) is 6.61 Å². The van der Waals surface area contributed by atoms with Crippen LogP contribution in [-0.2, 0) is 19.4 Å². The lowest BCUT2D eigenvalue weighted by atomic mass is 10.1. The zero-order valence-corrected chi connectivity index (χ0v) is 12.2. The van der Waals surface area contributed by atoms with Crippen LogP contribution in [0.15, 0.2) is 34.9 Å². The molecular weight excluding hydrogens is 274 g/mol. The summed E-state index contributed by atoms with van der Waals surface area (Å²) >= 11 is 6.16. The van der Waals surface area contributed by atoms with Crippen LogP contribution in [0.1, 0.15) is 23.8 Å². The first kappa shape index (κ1) is 13.5. The predicted molar refractivity (Wildman–Crippen MR) is 79.4 cm³/mol. The highest BCUT2D eigenvalue weighted by atomic mass is 35.5. The molecule has 1 aliphatic heterocycles. The predicted octanol–water partition coefficient (Wildman–Crippen LogP) is 3.59. The largest absolute Gasteiger partial charge is 0.493 e.